The maximum atomic E-state index is 12.7. The van der Waals surface area contributed by atoms with Crippen molar-refractivity contribution >= 4 is 45.6 Å². The second-order valence-corrected chi connectivity index (χ2v) is 10.1. The molecule has 0 spiro atoms. The highest BCUT2D eigenvalue weighted by Gasteiger charge is 2.16. The van der Waals surface area contributed by atoms with Gasteiger partial charge >= 0.3 is 0 Å². The van der Waals surface area contributed by atoms with Crippen LogP contribution in [0.2, 0.25) is 0 Å². The van der Waals surface area contributed by atoms with Crippen LogP contribution >= 0.6 is 34.0 Å². The van der Waals surface area contributed by atoms with Crippen LogP contribution in [0.15, 0.2) is 97.1 Å². The number of rotatable bonds is 6. The van der Waals surface area contributed by atoms with E-state index in [-0.39, 0.29) is 11.6 Å². The molecule has 0 amide bonds. The predicted octanol–water partition coefficient (Wildman–Crippen LogP) is 7.67. The fraction of sp³-hybridized carbons (Fsp3) is 0. The Kier molecular flexibility index (Phi) is 5.47. The monoisotopic (exact) mass is 456 g/mol. The summed E-state index contributed by atoms with van der Waals surface area (Å²) in [7, 11) is 0. The molecule has 0 aliphatic heterocycles. The van der Waals surface area contributed by atoms with E-state index in [1.54, 1.807) is 11.3 Å². The van der Waals surface area contributed by atoms with Crippen LogP contribution in [0.25, 0.3) is 19.5 Å². The van der Waals surface area contributed by atoms with Gasteiger partial charge < -0.3 is 0 Å². The first kappa shape index (κ1) is 19.8. The predicted molar refractivity (Wildman–Crippen MR) is 131 cm³/mol. The Labute approximate surface area is 192 Å². The van der Waals surface area contributed by atoms with E-state index in [2.05, 4.69) is 12.1 Å². The third-order valence-electron chi connectivity index (χ3n) is 4.82. The second-order valence-electron chi connectivity index (χ2n) is 6.88. The highest BCUT2D eigenvalue weighted by atomic mass is 32.1. The molecule has 2 aromatic carbocycles. The van der Waals surface area contributed by atoms with Gasteiger partial charge in [0.2, 0.25) is 11.6 Å². The van der Waals surface area contributed by atoms with E-state index in [0.717, 1.165) is 29.3 Å². The number of benzene rings is 2. The molecule has 3 heterocycles. The normalized spacial score (nSPS) is 10.8. The molecule has 0 unspecified atom stereocenters. The first-order chi connectivity index (χ1) is 15.2. The Morgan fingerprint density at radius 3 is 1.19 bits per heavy atom. The zero-order valence-corrected chi connectivity index (χ0v) is 18.7. The summed E-state index contributed by atoms with van der Waals surface area (Å²) in [5.41, 5.74) is 1.41. The van der Waals surface area contributed by atoms with Crippen LogP contribution in [-0.4, -0.2) is 11.6 Å². The lowest BCUT2D eigenvalue weighted by Gasteiger charge is -1.97. The van der Waals surface area contributed by atoms with Crippen LogP contribution in [0.3, 0.4) is 0 Å². The largest absolute Gasteiger partial charge is 0.288 e. The van der Waals surface area contributed by atoms with Gasteiger partial charge in [-0.1, -0.05) is 60.7 Å². The molecule has 2 nitrogen and oxygen atoms in total. The summed E-state index contributed by atoms with van der Waals surface area (Å²) in [4.78, 5) is 31.2. The third kappa shape index (κ3) is 4.08. The van der Waals surface area contributed by atoms with E-state index in [1.807, 2.05) is 84.9 Å². The number of hydrogen-bond acceptors (Lipinski definition) is 5. The number of carbonyl (C=O) groups is 2. The van der Waals surface area contributed by atoms with E-state index in [1.165, 1.54) is 22.7 Å². The van der Waals surface area contributed by atoms with Crippen LogP contribution in [0, 0.1) is 0 Å². The van der Waals surface area contributed by atoms with Crippen molar-refractivity contribution in [1.29, 1.82) is 0 Å². The van der Waals surface area contributed by atoms with Crippen molar-refractivity contribution in [3.8, 4) is 19.5 Å². The van der Waals surface area contributed by atoms with E-state index < -0.39 is 0 Å². The van der Waals surface area contributed by atoms with Crippen molar-refractivity contribution in [2.45, 2.75) is 0 Å². The molecule has 0 aliphatic rings. The Balaban J connectivity index is 1.37. The molecule has 150 valence electrons. The smallest absolute Gasteiger partial charge is 0.202 e. The summed E-state index contributed by atoms with van der Waals surface area (Å²) in [6, 6.07) is 30.7. The SMILES string of the molecule is O=C(c1ccccc1)c1ccc(-c2ccc(-c3ccc(C(=O)c4ccccc4)s3)s2)s1. The molecule has 0 aliphatic carbocycles. The van der Waals surface area contributed by atoms with Crippen LogP contribution in [-0.2, 0) is 0 Å². The van der Waals surface area contributed by atoms with Gasteiger partial charge in [-0.2, -0.15) is 0 Å². The topological polar surface area (TPSA) is 34.1 Å². The zero-order chi connectivity index (χ0) is 21.2. The number of hydrogen-bond donors (Lipinski definition) is 0. The molecule has 0 N–H and O–H groups in total. The molecule has 31 heavy (non-hydrogen) atoms. The highest BCUT2D eigenvalue weighted by Crippen LogP contribution is 2.40. The molecule has 3 aromatic heterocycles. The van der Waals surface area contributed by atoms with Gasteiger partial charge in [0.15, 0.2) is 0 Å². The summed E-state index contributed by atoms with van der Waals surface area (Å²) >= 11 is 4.71. The molecule has 0 saturated carbocycles. The minimum absolute atomic E-state index is 0.0518. The molecular weight excluding hydrogens is 440 g/mol. The Morgan fingerprint density at radius 2 is 0.774 bits per heavy atom. The summed E-state index contributed by atoms with van der Waals surface area (Å²) in [6.07, 6.45) is 0. The molecule has 0 fully saturated rings. The molecule has 0 atom stereocenters. The maximum absolute atomic E-state index is 12.7. The van der Waals surface area contributed by atoms with E-state index in [4.69, 9.17) is 0 Å². The first-order valence-corrected chi connectivity index (χ1v) is 12.1. The Morgan fingerprint density at radius 1 is 0.419 bits per heavy atom. The van der Waals surface area contributed by atoms with Gasteiger partial charge in [-0.15, -0.1) is 34.0 Å². The number of ketones is 2. The van der Waals surface area contributed by atoms with E-state index in [0.29, 0.717) is 11.1 Å². The quantitative estimate of drug-likeness (QED) is 0.246. The lowest BCUT2D eigenvalue weighted by atomic mass is 10.1. The van der Waals surface area contributed by atoms with Gasteiger partial charge in [0.1, 0.15) is 0 Å². The van der Waals surface area contributed by atoms with Crippen molar-refractivity contribution in [3.63, 3.8) is 0 Å². The van der Waals surface area contributed by atoms with Gasteiger partial charge in [0.05, 0.1) is 9.75 Å². The van der Waals surface area contributed by atoms with Crippen molar-refractivity contribution < 1.29 is 9.59 Å². The molecule has 5 rings (SSSR count). The summed E-state index contributed by atoms with van der Waals surface area (Å²) < 4.78 is 0. The van der Waals surface area contributed by atoms with Gasteiger partial charge in [0.25, 0.3) is 0 Å². The fourth-order valence-electron chi connectivity index (χ4n) is 3.25. The molecular formula is C26H16O2S3. The van der Waals surface area contributed by atoms with Crippen LogP contribution < -0.4 is 0 Å². The van der Waals surface area contributed by atoms with Crippen LogP contribution in [0.1, 0.15) is 30.5 Å². The standard InChI is InChI=1S/C26H16O2S3/c27-25(17-7-3-1-4-8-17)23-15-13-21(30-23)19-11-12-20(29-19)22-14-16-24(31-22)26(28)18-9-5-2-6-10-18/h1-16H. The van der Waals surface area contributed by atoms with Crippen LogP contribution in [0.5, 0.6) is 0 Å². The number of thiophene rings is 3. The van der Waals surface area contributed by atoms with Crippen LogP contribution in [0.4, 0.5) is 0 Å². The van der Waals surface area contributed by atoms with Gasteiger partial charge in [-0.3, -0.25) is 9.59 Å². The number of carbonyl (C=O) groups excluding carboxylic acids is 2. The summed E-state index contributed by atoms with van der Waals surface area (Å²) in [5.74, 6) is 0.104. The lowest BCUT2D eigenvalue weighted by Crippen LogP contribution is -1.97. The van der Waals surface area contributed by atoms with E-state index in [9.17, 15) is 9.59 Å². The maximum Gasteiger partial charge on any atom is 0.202 e. The Hall–Kier alpha value is -3.12. The molecule has 5 aromatic rings. The van der Waals surface area contributed by atoms with Gasteiger partial charge in [-0.25, -0.2) is 0 Å². The fourth-order valence-corrected chi connectivity index (χ4v) is 6.37. The lowest BCUT2D eigenvalue weighted by molar-refractivity contribution is 0.103. The van der Waals surface area contributed by atoms with Crippen molar-refractivity contribution in [1.82, 2.24) is 0 Å². The molecule has 0 bridgehead atoms. The zero-order valence-electron chi connectivity index (χ0n) is 16.3. The second kappa shape index (κ2) is 8.55. The van der Waals surface area contributed by atoms with E-state index >= 15 is 0 Å². The highest BCUT2D eigenvalue weighted by molar-refractivity contribution is 7.27. The first-order valence-electron chi connectivity index (χ1n) is 9.69. The Bertz CT molecular complexity index is 1250. The van der Waals surface area contributed by atoms with Crippen molar-refractivity contribution in [2.75, 3.05) is 0 Å². The summed E-state index contributed by atoms with van der Waals surface area (Å²) in [5, 5.41) is 0. The molecule has 5 heteroatoms. The third-order valence-corrected chi connectivity index (χ3v) is 8.47. The van der Waals surface area contributed by atoms with Gasteiger partial charge in [0, 0.05) is 30.6 Å². The molecule has 0 saturated heterocycles. The minimum atomic E-state index is 0.0518. The summed E-state index contributed by atoms with van der Waals surface area (Å²) in [6.45, 7) is 0. The van der Waals surface area contributed by atoms with Crippen molar-refractivity contribution in [2.24, 2.45) is 0 Å². The molecule has 0 radical (unpaired) electrons. The van der Waals surface area contributed by atoms with Gasteiger partial charge in [-0.05, 0) is 36.4 Å². The average molecular weight is 457 g/mol. The van der Waals surface area contributed by atoms with Crippen molar-refractivity contribution in [3.05, 3.63) is 118 Å². The minimum Gasteiger partial charge on any atom is -0.288 e. The average Bonchev–Trinajstić information content (AvgIpc) is 3.59.